The van der Waals surface area contributed by atoms with E-state index in [0.29, 0.717) is 24.3 Å². The van der Waals surface area contributed by atoms with Gasteiger partial charge in [0.1, 0.15) is 0 Å². The molecule has 3 N–H and O–H groups in total. The number of anilines is 1. The summed E-state index contributed by atoms with van der Waals surface area (Å²) in [6, 6.07) is 11.4. The molecule has 1 aliphatic heterocycles. The Labute approximate surface area is 154 Å². The van der Waals surface area contributed by atoms with Gasteiger partial charge in [-0.3, -0.25) is 9.52 Å². The summed E-state index contributed by atoms with van der Waals surface area (Å²) in [5.41, 5.74) is 8.91. The quantitative estimate of drug-likeness (QED) is 0.860. The molecule has 0 radical (unpaired) electrons. The molecule has 1 saturated heterocycles. The zero-order chi connectivity index (χ0) is 18.9. The monoisotopic (exact) mass is 373 g/mol. The van der Waals surface area contributed by atoms with Gasteiger partial charge in [-0.2, -0.15) is 0 Å². The standard InChI is InChI=1S/C19H23N3O3S/c1-13-3-6-17(11-14(13)2)21-26(24,25)18-7-4-15(5-8-18)19(23)22-10-9-16(20)12-22/h3-8,11,16,21H,9-10,12,20H2,1-2H3/t16-/m1/s1. The fourth-order valence-electron chi connectivity index (χ4n) is 2.95. The number of nitrogens with two attached hydrogens (primary N) is 1. The van der Waals surface area contributed by atoms with E-state index in [1.54, 1.807) is 29.2 Å². The topological polar surface area (TPSA) is 92.5 Å². The number of carbonyl (C=O) groups excluding carboxylic acids is 1. The molecule has 7 heteroatoms. The van der Waals surface area contributed by atoms with Crippen molar-refractivity contribution in [1.29, 1.82) is 0 Å². The summed E-state index contributed by atoms with van der Waals surface area (Å²) in [5.74, 6) is -0.121. The van der Waals surface area contributed by atoms with Gasteiger partial charge in [-0.05, 0) is 67.8 Å². The van der Waals surface area contributed by atoms with Gasteiger partial charge in [0.25, 0.3) is 15.9 Å². The van der Waals surface area contributed by atoms with E-state index in [9.17, 15) is 13.2 Å². The van der Waals surface area contributed by atoms with Gasteiger partial charge < -0.3 is 10.6 Å². The van der Waals surface area contributed by atoms with E-state index in [1.807, 2.05) is 19.9 Å². The molecule has 0 spiro atoms. The number of rotatable bonds is 4. The van der Waals surface area contributed by atoms with Crippen LogP contribution in [0.1, 0.15) is 27.9 Å². The largest absolute Gasteiger partial charge is 0.337 e. The second-order valence-corrected chi connectivity index (χ2v) is 8.41. The smallest absolute Gasteiger partial charge is 0.261 e. The summed E-state index contributed by atoms with van der Waals surface area (Å²) >= 11 is 0. The molecule has 2 aromatic rings. The molecule has 1 fully saturated rings. The lowest BCUT2D eigenvalue weighted by Crippen LogP contribution is -2.31. The summed E-state index contributed by atoms with van der Waals surface area (Å²) < 4.78 is 27.7. The Bertz CT molecular complexity index is 924. The van der Waals surface area contributed by atoms with Crippen molar-refractivity contribution in [2.45, 2.75) is 31.2 Å². The lowest BCUT2D eigenvalue weighted by Gasteiger charge is -2.16. The number of benzene rings is 2. The van der Waals surface area contributed by atoms with E-state index < -0.39 is 10.0 Å². The lowest BCUT2D eigenvalue weighted by atomic mass is 10.1. The summed E-state index contributed by atoms with van der Waals surface area (Å²) in [7, 11) is -3.71. The molecule has 0 aromatic heterocycles. The van der Waals surface area contributed by atoms with Gasteiger partial charge >= 0.3 is 0 Å². The first-order valence-corrected chi connectivity index (χ1v) is 9.99. The molecule has 1 heterocycles. The van der Waals surface area contributed by atoms with Gasteiger partial charge in [-0.1, -0.05) is 6.07 Å². The molecular weight excluding hydrogens is 350 g/mol. The van der Waals surface area contributed by atoms with Crippen LogP contribution in [0.4, 0.5) is 5.69 Å². The minimum atomic E-state index is -3.71. The summed E-state index contributed by atoms with van der Waals surface area (Å²) in [6.45, 7) is 5.07. The number of likely N-dealkylation sites (tertiary alicyclic amines) is 1. The third kappa shape index (κ3) is 3.89. The van der Waals surface area contributed by atoms with Crippen LogP contribution in [-0.2, 0) is 10.0 Å². The Hall–Kier alpha value is -2.38. The van der Waals surface area contributed by atoms with E-state index >= 15 is 0 Å². The average molecular weight is 373 g/mol. The number of nitrogens with zero attached hydrogens (tertiary/aromatic N) is 1. The minimum absolute atomic E-state index is 0.0146. The first-order chi connectivity index (χ1) is 12.3. The average Bonchev–Trinajstić information content (AvgIpc) is 3.04. The van der Waals surface area contributed by atoms with Crippen LogP contribution in [0.2, 0.25) is 0 Å². The molecular formula is C19H23N3O3S. The molecule has 3 rings (SSSR count). The fourth-order valence-corrected chi connectivity index (χ4v) is 4.00. The molecule has 0 aliphatic carbocycles. The zero-order valence-corrected chi connectivity index (χ0v) is 15.7. The molecule has 1 aliphatic rings. The van der Waals surface area contributed by atoms with Crippen molar-refractivity contribution >= 4 is 21.6 Å². The fraction of sp³-hybridized carbons (Fsp3) is 0.316. The lowest BCUT2D eigenvalue weighted by molar-refractivity contribution is 0.0791. The summed E-state index contributed by atoms with van der Waals surface area (Å²) in [6.07, 6.45) is 0.790. The van der Waals surface area contributed by atoms with E-state index in [1.165, 1.54) is 12.1 Å². The van der Waals surface area contributed by atoms with Gasteiger partial charge in [0.15, 0.2) is 0 Å². The number of aryl methyl sites for hydroxylation is 2. The Morgan fingerprint density at radius 2 is 1.81 bits per heavy atom. The maximum absolute atomic E-state index is 12.6. The number of carbonyl (C=O) groups is 1. The van der Waals surface area contributed by atoms with Gasteiger partial charge in [0.2, 0.25) is 0 Å². The van der Waals surface area contributed by atoms with Crippen LogP contribution in [0.25, 0.3) is 0 Å². The molecule has 0 bridgehead atoms. The predicted octanol–water partition coefficient (Wildman–Crippen LogP) is 2.28. The number of nitrogens with one attached hydrogen (secondary N) is 1. The number of hydrogen-bond donors (Lipinski definition) is 2. The Morgan fingerprint density at radius 1 is 1.12 bits per heavy atom. The van der Waals surface area contributed by atoms with Crippen LogP contribution in [0.15, 0.2) is 47.4 Å². The van der Waals surface area contributed by atoms with Gasteiger partial charge in [0, 0.05) is 30.4 Å². The zero-order valence-electron chi connectivity index (χ0n) is 14.9. The second kappa shape index (κ2) is 7.09. The molecule has 1 amide bonds. The van der Waals surface area contributed by atoms with E-state index in [-0.39, 0.29) is 16.8 Å². The van der Waals surface area contributed by atoms with E-state index in [2.05, 4.69) is 4.72 Å². The van der Waals surface area contributed by atoms with Crippen molar-refractivity contribution in [3.05, 3.63) is 59.2 Å². The third-order valence-corrected chi connectivity index (χ3v) is 6.08. The van der Waals surface area contributed by atoms with Gasteiger partial charge in [-0.15, -0.1) is 0 Å². The summed E-state index contributed by atoms with van der Waals surface area (Å²) in [5, 5.41) is 0. The molecule has 0 saturated carbocycles. The number of sulfonamides is 1. The first kappa shape index (κ1) is 18.4. The Morgan fingerprint density at radius 3 is 2.38 bits per heavy atom. The maximum atomic E-state index is 12.6. The Kier molecular flexibility index (Phi) is 5.02. The minimum Gasteiger partial charge on any atom is -0.337 e. The first-order valence-electron chi connectivity index (χ1n) is 8.51. The van der Waals surface area contributed by atoms with Crippen molar-refractivity contribution < 1.29 is 13.2 Å². The SMILES string of the molecule is Cc1ccc(NS(=O)(=O)c2ccc(C(=O)N3CC[C@@H](N)C3)cc2)cc1C. The van der Waals surface area contributed by atoms with Crippen LogP contribution < -0.4 is 10.5 Å². The van der Waals surface area contributed by atoms with E-state index in [0.717, 1.165) is 17.5 Å². The maximum Gasteiger partial charge on any atom is 0.261 e. The summed E-state index contributed by atoms with van der Waals surface area (Å²) in [4.78, 5) is 14.2. The number of hydrogen-bond acceptors (Lipinski definition) is 4. The highest BCUT2D eigenvalue weighted by atomic mass is 32.2. The van der Waals surface area contributed by atoms with Crippen LogP contribution in [0, 0.1) is 13.8 Å². The van der Waals surface area contributed by atoms with E-state index in [4.69, 9.17) is 5.73 Å². The van der Waals surface area contributed by atoms with Crippen LogP contribution in [0.3, 0.4) is 0 Å². The van der Waals surface area contributed by atoms with Crippen molar-refractivity contribution in [3.63, 3.8) is 0 Å². The van der Waals surface area contributed by atoms with Gasteiger partial charge in [-0.25, -0.2) is 8.42 Å². The van der Waals surface area contributed by atoms with Gasteiger partial charge in [0.05, 0.1) is 4.90 Å². The van der Waals surface area contributed by atoms with Crippen LogP contribution in [-0.4, -0.2) is 38.4 Å². The molecule has 26 heavy (non-hydrogen) atoms. The molecule has 1 atom stereocenters. The van der Waals surface area contributed by atoms with Crippen LogP contribution >= 0.6 is 0 Å². The highest BCUT2D eigenvalue weighted by molar-refractivity contribution is 7.92. The van der Waals surface area contributed by atoms with Crippen molar-refractivity contribution in [2.75, 3.05) is 17.8 Å². The van der Waals surface area contributed by atoms with Crippen molar-refractivity contribution in [3.8, 4) is 0 Å². The van der Waals surface area contributed by atoms with Crippen molar-refractivity contribution in [2.24, 2.45) is 5.73 Å². The predicted molar refractivity (Wildman–Crippen MR) is 102 cm³/mol. The normalized spacial score (nSPS) is 17.3. The van der Waals surface area contributed by atoms with Crippen molar-refractivity contribution in [1.82, 2.24) is 4.90 Å². The highest BCUT2D eigenvalue weighted by Crippen LogP contribution is 2.20. The second-order valence-electron chi connectivity index (χ2n) is 6.73. The molecule has 138 valence electrons. The molecule has 6 nitrogen and oxygen atoms in total. The highest BCUT2D eigenvalue weighted by Gasteiger charge is 2.25. The molecule has 0 unspecified atom stereocenters. The number of amides is 1. The van der Waals surface area contributed by atoms with Crippen LogP contribution in [0.5, 0.6) is 0 Å². The Balaban J connectivity index is 1.76. The third-order valence-electron chi connectivity index (χ3n) is 4.68. The molecule has 2 aromatic carbocycles.